The molecule has 7 nitrogen and oxygen atoms in total. The molecule has 1 N–H and O–H groups in total. The maximum atomic E-state index is 12.2. The third kappa shape index (κ3) is 5.49. The third-order valence-electron chi connectivity index (χ3n) is 3.24. The predicted molar refractivity (Wildman–Crippen MR) is 96.2 cm³/mol. The van der Waals surface area contributed by atoms with Crippen LogP contribution in [-0.2, 0) is 16.4 Å². The Morgan fingerprint density at radius 2 is 2.00 bits per heavy atom. The lowest BCUT2D eigenvalue weighted by Gasteiger charge is -2.05. The van der Waals surface area contributed by atoms with Gasteiger partial charge in [0.05, 0.1) is 4.92 Å². The van der Waals surface area contributed by atoms with Crippen molar-refractivity contribution in [2.75, 3.05) is 6.54 Å². The van der Waals surface area contributed by atoms with Gasteiger partial charge in [-0.3, -0.25) is 10.1 Å². The van der Waals surface area contributed by atoms with E-state index in [-0.39, 0.29) is 11.5 Å². The monoisotopic (exact) mass is 377 g/mol. The highest BCUT2D eigenvalue weighted by molar-refractivity contribution is 7.93. The minimum Gasteiger partial charge on any atom is -0.258 e. The molecular formula is C16H15N3O4S2. The smallest absolute Gasteiger partial charge is 0.258 e. The summed E-state index contributed by atoms with van der Waals surface area (Å²) in [5, 5.41) is 19.7. The van der Waals surface area contributed by atoms with E-state index in [1.807, 2.05) is 30.3 Å². The number of aryl methyl sites for hydroxylation is 1. The van der Waals surface area contributed by atoms with Gasteiger partial charge in [-0.1, -0.05) is 41.7 Å². The minimum atomic E-state index is -3.95. The highest BCUT2D eigenvalue weighted by Gasteiger charge is 2.18. The van der Waals surface area contributed by atoms with E-state index in [1.54, 1.807) is 6.07 Å². The summed E-state index contributed by atoms with van der Waals surface area (Å²) in [5.41, 5.74) is 1.10. The van der Waals surface area contributed by atoms with Gasteiger partial charge >= 0.3 is 5.00 Å². The molecule has 0 unspecified atom stereocenters. The lowest BCUT2D eigenvalue weighted by Crippen LogP contribution is -2.26. The number of rotatable bonds is 8. The van der Waals surface area contributed by atoms with E-state index >= 15 is 0 Å². The van der Waals surface area contributed by atoms with E-state index in [0.717, 1.165) is 23.0 Å². The van der Waals surface area contributed by atoms with Crippen LogP contribution in [0.3, 0.4) is 0 Å². The van der Waals surface area contributed by atoms with Gasteiger partial charge in [-0.15, -0.1) is 0 Å². The van der Waals surface area contributed by atoms with Gasteiger partial charge < -0.3 is 0 Å². The first-order chi connectivity index (χ1) is 11.9. The highest BCUT2D eigenvalue weighted by Crippen LogP contribution is 2.26. The Labute approximate surface area is 149 Å². The Morgan fingerprint density at radius 1 is 1.28 bits per heavy atom. The van der Waals surface area contributed by atoms with Crippen molar-refractivity contribution in [3.63, 3.8) is 0 Å². The number of allylic oxidation sites excluding steroid dienone is 1. The molecule has 0 aliphatic rings. The average molecular weight is 377 g/mol. The lowest BCUT2D eigenvalue weighted by atomic mass is 10.1. The molecule has 0 aliphatic heterocycles. The summed E-state index contributed by atoms with van der Waals surface area (Å²) in [6.45, 7) is 0.195. The Balaban J connectivity index is 1.99. The molecule has 0 spiro atoms. The van der Waals surface area contributed by atoms with Crippen LogP contribution in [0.25, 0.3) is 6.08 Å². The number of nitrogens with one attached hydrogen (secondary N) is 1. The quantitative estimate of drug-likeness (QED) is 0.329. The molecule has 0 aliphatic carbocycles. The largest absolute Gasteiger partial charge is 0.324 e. The van der Waals surface area contributed by atoms with Crippen LogP contribution in [-0.4, -0.2) is 19.9 Å². The average Bonchev–Trinajstić information content (AvgIpc) is 3.06. The van der Waals surface area contributed by atoms with Crippen LogP contribution in [0.1, 0.15) is 16.9 Å². The molecular weight excluding hydrogens is 362 g/mol. The molecule has 0 saturated heterocycles. The van der Waals surface area contributed by atoms with Crippen molar-refractivity contribution < 1.29 is 13.3 Å². The SMILES string of the molecule is N#C/C(=C\c1ccc([N+](=O)[O-])s1)S(=O)(=O)NCCCc1ccccc1. The third-order valence-corrected chi connectivity index (χ3v) is 5.60. The second-order valence-electron chi connectivity index (χ2n) is 5.04. The fourth-order valence-corrected chi connectivity index (χ4v) is 3.85. The number of thiophene rings is 1. The Hall–Kier alpha value is -2.54. The molecule has 130 valence electrons. The lowest BCUT2D eigenvalue weighted by molar-refractivity contribution is -0.380. The van der Waals surface area contributed by atoms with Gasteiger partial charge in [0.2, 0.25) is 0 Å². The zero-order valence-electron chi connectivity index (χ0n) is 13.1. The minimum absolute atomic E-state index is 0.114. The van der Waals surface area contributed by atoms with Crippen molar-refractivity contribution in [1.82, 2.24) is 4.72 Å². The molecule has 0 saturated carbocycles. The van der Waals surface area contributed by atoms with Crippen molar-refractivity contribution in [1.29, 1.82) is 5.26 Å². The van der Waals surface area contributed by atoms with Crippen molar-refractivity contribution >= 4 is 32.4 Å². The highest BCUT2D eigenvalue weighted by atomic mass is 32.2. The number of hydrogen-bond donors (Lipinski definition) is 1. The fraction of sp³-hybridized carbons (Fsp3) is 0.188. The summed E-state index contributed by atoms with van der Waals surface area (Å²) in [6, 6.07) is 14.0. The van der Waals surface area contributed by atoms with Gasteiger partial charge in [0, 0.05) is 17.5 Å². The Kier molecular flexibility index (Phi) is 6.41. The summed E-state index contributed by atoms with van der Waals surface area (Å²) in [7, 11) is -3.95. The molecule has 1 heterocycles. The van der Waals surface area contributed by atoms with Gasteiger partial charge in [0.1, 0.15) is 6.07 Å². The van der Waals surface area contributed by atoms with Crippen molar-refractivity contribution in [3.05, 3.63) is 67.9 Å². The van der Waals surface area contributed by atoms with Crippen LogP contribution in [0.2, 0.25) is 0 Å². The number of benzene rings is 1. The van der Waals surface area contributed by atoms with Crippen molar-refractivity contribution in [2.45, 2.75) is 12.8 Å². The van der Waals surface area contributed by atoms with Crippen LogP contribution in [0, 0.1) is 21.4 Å². The fourth-order valence-electron chi connectivity index (χ4n) is 2.04. The maximum Gasteiger partial charge on any atom is 0.324 e. The first kappa shape index (κ1) is 18.8. The molecule has 0 atom stereocenters. The molecule has 0 amide bonds. The van der Waals surface area contributed by atoms with Gasteiger partial charge in [-0.25, -0.2) is 13.1 Å². The standard InChI is InChI=1S/C16H15N3O4S2/c17-12-15(11-14-8-9-16(24-14)19(20)21)25(22,23)18-10-4-7-13-5-2-1-3-6-13/h1-3,5-6,8-9,11,18H,4,7,10H2/b15-11+. The van der Waals surface area contributed by atoms with E-state index in [2.05, 4.69) is 4.72 Å². The van der Waals surface area contributed by atoms with Crippen molar-refractivity contribution in [2.24, 2.45) is 0 Å². The summed E-state index contributed by atoms with van der Waals surface area (Å²) in [6.07, 6.45) is 2.44. The molecule has 0 radical (unpaired) electrons. The van der Waals surface area contributed by atoms with Gasteiger partial charge in [0.15, 0.2) is 4.91 Å². The van der Waals surface area contributed by atoms with Gasteiger partial charge in [0.25, 0.3) is 10.0 Å². The zero-order valence-corrected chi connectivity index (χ0v) is 14.7. The van der Waals surface area contributed by atoms with Crippen LogP contribution in [0.5, 0.6) is 0 Å². The Morgan fingerprint density at radius 3 is 2.60 bits per heavy atom. The number of hydrogen-bond acceptors (Lipinski definition) is 6. The summed E-state index contributed by atoms with van der Waals surface area (Å²) in [4.78, 5) is 9.96. The van der Waals surface area contributed by atoms with Crippen molar-refractivity contribution in [3.8, 4) is 6.07 Å². The molecule has 1 aromatic carbocycles. The van der Waals surface area contributed by atoms with E-state index < -0.39 is 19.9 Å². The zero-order chi connectivity index (χ0) is 18.3. The van der Waals surface area contributed by atoms with Crippen LogP contribution >= 0.6 is 11.3 Å². The van der Waals surface area contributed by atoms with Gasteiger partial charge in [-0.05, 0) is 30.5 Å². The second kappa shape index (κ2) is 8.53. The molecule has 0 fully saturated rings. The van der Waals surface area contributed by atoms with Crippen LogP contribution < -0.4 is 4.72 Å². The van der Waals surface area contributed by atoms with Crippen LogP contribution in [0.4, 0.5) is 5.00 Å². The molecule has 2 aromatic rings. The van der Waals surface area contributed by atoms with E-state index in [0.29, 0.717) is 17.7 Å². The first-order valence-electron chi connectivity index (χ1n) is 7.32. The molecule has 0 bridgehead atoms. The first-order valence-corrected chi connectivity index (χ1v) is 9.62. The molecule has 25 heavy (non-hydrogen) atoms. The summed E-state index contributed by atoms with van der Waals surface area (Å²) >= 11 is 0.808. The number of nitro groups is 1. The molecule has 2 rings (SSSR count). The van der Waals surface area contributed by atoms with E-state index in [4.69, 9.17) is 5.26 Å². The summed E-state index contributed by atoms with van der Waals surface area (Å²) < 4.78 is 26.8. The predicted octanol–water partition coefficient (Wildman–Crippen LogP) is 3.07. The molecule has 9 heteroatoms. The van der Waals surface area contributed by atoms with E-state index in [9.17, 15) is 18.5 Å². The number of nitrogens with zero attached hydrogens (tertiary/aromatic N) is 2. The Bertz CT molecular complexity index is 912. The van der Waals surface area contributed by atoms with E-state index in [1.165, 1.54) is 12.1 Å². The number of sulfonamides is 1. The van der Waals surface area contributed by atoms with Gasteiger partial charge in [-0.2, -0.15) is 5.26 Å². The topological polar surface area (TPSA) is 113 Å². The summed E-state index contributed by atoms with van der Waals surface area (Å²) in [5.74, 6) is 0. The number of nitriles is 1. The second-order valence-corrected chi connectivity index (χ2v) is 7.87. The normalized spacial score (nSPS) is 11.9. The van der Waals surface area contributed by atoms with Crippen LogP contribution in [0.15, 0.2) is 47.4 Å². The molecule has 1 aromatic heterocycles. The maximum absolute atomic E-state index is 12.2.